The van der Waals surface area contributed by atoms with E-state index in [2.05, 4.69) is 15.9 Å². The second-order valence-corrected chi connectivity index (χ2v) is 9.25. The number of aryl methyl sites for hydroxylation is 1. The van der Waals surface area contributed by atoms with E-state index in [1.165, 1.54) is 4.31 Å². The molecule has 0 saturated carbocycles. The van der Waals surface area contributed by atoms with Gasteiger partial charge < -0.3 is 4.74 Å². The predicted molar refractivity (Wildman–Crippen MR) is 105 cm³/mol. The largest absolute Gasteiger partial charge is 0.466 e. The third kappa shape index (κ3) is 4.38. The molecule has 144 valence electrons. The minimum absolute atomic E-state index is 0.0552. The number of carbonyl (C=O) groups is 1. The molecular weight excluding hydrogens is 418 g/mol. The van der Waals surface area contributed by atoms with Gasteiger partial charge in [-0.3, -0.25) is 4.79 Å². The average Bonchev–Trinajstić information content (AvgIpc) is 2.94. The zero-order valence-electron chi connectivity index (χ0n) is 15.6. The van der Waals surface area contributed by atoms with Crippen LogP contribution in [0, 0.1) is 18.8 Å². The lowest BCUT2D eigenvalue weighted by molar-refractivity contribution is -0.144. The fraction of sp³-hybridized carbons (Fsp3) is 0.526. The Hall–Kier alpha value is -1.18. The van der Waals surface area contributed by atoms with Gasteiger partial charge in [-0.1, -0.05) is 47.5 Å². The Morgan fingerprint density at radius 2 is 1.96 bits per heavy atom. The number of sulfonamides is 1. The quantitative estimate of drug-likeness (QED) is 0.625. The molecule has 0 bridgehead atoms. The molecule has 0 N–H and O–H groups in total. The molecule has 0 aromatic heterocycles. The molecule has 1 aromatic carbocycles. The van der Waals surface area contributed by atoms with Crippen LogP contribution in [0.1, 0.15) is 32.8 Å². The standard InChI is InChI=1S/C19H26BrNO4S/c1-5-25-18(22)10-17-15(11-20)12-21(19(17)13(2)3)26(23,24)16-8-6-14(4)7-9-16/h6-9,11,13,17,19H,5,10,12H2,1-4H3/b15-11-/t17-,19+/m1/s1. The Labute approximate surface area is 164 Å². The summed E-state index contributed by atoms with van der Waals surface area (Å²) in [7, 11) is -3.65. The number of benzene rings is 1. The molecule has 2 atom stereocenters. The van der Waals surface area contributed by atoms with Crippen LogP contribution < -0.4 is 0 Å². The summed E-state index contributed by atoms with van der Waals surface area (Å²) in [4.78, 5) is 14.1. The molecule has 0 amide bonds. The molecule has 1 aliphatic heterocycles. The van der Waals surface area contributed by atoms with Gasteiger partial charge in [0.25, 0.3) is 0 Å². The van der Waals surface area contributed by atoms with Gasteiger partial charge in [0.05, 0.1) is 17.9 Å². The molecule has 1 aromatic rings. The summed E-state index contributed by atoms with van der Waals surface area (Å²) in [6, 6.07) is 6.57. The molecule has 0 radical (unpaired) electrons. The maximum Gasteiger partial charge on any atom is 0.306 e. The van der Waals surface area contributed by atoms with Crippen LogP contribution in [0.2, 0.25) is 0 Å². The molecule has 0 spiro atoms. The summed E-state index contributed by atoms with van der Waals surface area (Å²) in [5.41, 5.74) is 1.90. The Balaban J connectivity index is 2.41. The fourth-order valence-corrected chi connectivity index (χ4v) is 5.74. The number of rotatable bonds is 6. The highest BCUT2D eigenvalue weighted by Crippen LogP contribution is 2.40. The van der Waals surface area contributed by atoms with E-state index in [1.807, 2.05) is 20.8 Å². The van der Waals surface area contributed by atoms with Crippen molar-refractivity contribution in [3.63, 3.8) is 0 Å². The highest BCUT2D eigenvalue weighted by molar-refractivity contribution is 9.11. The Morgan fingerprint density at radius 3 is 2.46 bits per heavy atom. The minimum Gasteiger partial charge on any atom is -0.466 e. The number of hydrogen-bond donors (Lipinski definition) is 0. The van der Waals surface area contributed by atoms with Gasteiger partial charge in [0.1, 0.15) is 0 Å². The lowest BCUT2D eigenvalue weighted by Crippen LogP contribution is -2.41. The lowest BCUT2D eigenvalue weighted by Gasteiger charge is -2.30. The summed E-state index contributed by atoms with van der Waals surface area (Å²) in [5, 5.41) is 0. The lowest BCUT2D eigenvalue weighted by atomic mass is 9.87. The van der Waals surface area contributed by atoms with E-state index in [0.717, 1.165) is 11.1 Å². The van der Waals surface area contributed by atoms with Gasteiger partial charge in [0.2, 0.25) is 10.0 Å². The van der Waals surface area contributed by atoms with Crippen molar-refractivity contribution >= 4 is 31.9 Å². The maximum absolute atomic E-state index is 13.2. The van der Waals surface area contributed by atoms with E-state index in [0.29, 0.717) is 6.61 Å². The van der Waals surface area contributed by atoms with Crippen LogP contribution in [0.25, 0.3) is 0 Å². The molecule has 1 saturated heterocycles. The van der Waals surface area contributed by atoms with E-state index in [-0.39, 0.29) is 41.7 Å². The van der Waals surface area contributed by atoms with Gasteiger partial charge in [-0.2, -0.15) is 4.31 Å². The maximum atomic E-state index is 13.2. The number of ether oxygens (including phenoxy) is 1. The van der Waals surface area contributed by atoms with Crippen LogP contribution >= 0.6 is 15.9 Å². The van der Waals surface area contributed by atoms with Crippen molar-refractivity contribution in [1.82, 2.24) is 4.31 Å². The average molecular weight is 444 g/mol. The summed E-state index contributed by atoms with van der Waals surface area (Å²) in [6.45, 7) is 8.24. The monoisotopic (exact) mass is 443 g/mol. The highest BCUT2D eigenvalue weighted by Gasteiger charge is 2.46. The molecule has 0 unspecified atom stereocenters. The summed E-state index contributed by atoms with van der Waals surface area (Å²) in [6.07, 6.45) is 0.175. The first kappa shape index (κ1) is 21.1. The third-order valence-electron chi connectivity index (χ3n) is 4.70. The predicted octanol–water partition coefficient (Wildman–Crippen LogP) is 3.87. The Morgan fingerprint density at radius 1 is 1.35 bits per heavy atom. The van der Waals surface area contributed by atoms with Crippen molar-refractivity contribution in [2.24, 2.45) is 11.8 Å². The SMILES string of the molecule is CCOC(=O)C[C@@H]1/C(=C\Br)CN(S(=O)(=O)c2ccc(C)cc2)[C@H]1C(C)C. The number of halogens is 1. The van der Waals surface area contributed by atoms with Crippen LogP contribution in [-0.2, 0) is 19.6 Å². The first-order valence-electron chi connectivity index (χ1n) is 8.75. The van der Waals surface area contributed by atoms with E-state index >= 15 is 0 Å². The van der Waals surface area contributed by atoms with E-state index in [1.54, 1.807) is 36.2 Å². The highest BCUT2D eigenvalue weighted by atomic mass is 79.9. The Kier molecular flexibility index (Phi) is 7.05. The van der Waals surface area contributed by atoms with Crippen molar-refractivity contribution in [2.75, 3.05) is 13.2 Å². The van der Waals surface area contributed by atoms with Crippen LogP contribution in [0.15, 0.2) is 39.7 Å². The van der Waals surface area contributed by atoms with Crippen molar-refractivity contribution in [1.29, 1.82) is 0 Å². The zero-order chi connectivity index (χ0) is 19.5. The number of nitrogens with zero attached hydrogens (tertiary/aromatic N) is 1. The summed E-state index contributed by atoms with van der Waals surface area (Å²) < 4.78 is 33.1. The van der Waals surface area contributed by atoms with Gasteiger partial charge in [-0.05, 0) is 42.5 Å². The molecular formula is C19H26BrNO4S. The molecule has 0 aliphatic carbocycles. The van der Waals surface area contributed by atoms with Crippen LogP contribution in [-0.4, -0.2) is 37.9 Å². The summed E-state index contributed by atoms with van der Waals surface area (Å²) >= 11 is 3.35. The molecule has 26 heavy (non-hydrogen) atoms. The van der Waals surface area contributed by atoms with Crippen molar-refractivity contribution in [3.05, 3.63) is 40.4 Å². The number of carbonyl (C=O) groups excluding carboxylic acids is 1. The van der Waals surface area contributed by atoms with Gasteiger partial charge >= 0.3 is 5.97 Å². The van der Waals surface area contributed by atoms with Gasteiger partial charge in [-0.25, -0.2) is 8.42 Å². The molecule has 1 heterocycles. The smallest absolute Gasteiger partial charge is 0.306 e. The molecule has 7 heteroatoms. The van der Waals surface area contributed by atoms with Crippen molar-refractivity contribution < 1.29 is 17.9 Å². The number of hydrogen-bond acceptors (Lipinski definition) is 4. The van der Waals surface area contributed by atoms with Gasteiger partial charge in [0, 0.05) is 18.5 Å². The first-order valence-corrected chi connectivity index (χ1v) is 11.1. The van der Waals surface area contributed by atoms with Gasteiger partial charge in [-0.15, -0.1) is 0 Å². The van der Waals surface area contributed by atoms with Crippen LogP contribution in [0.5, 0.6) is 0 Å². The molecule has 5 nitrogen and oxygen atoms in total. The van der Waals surface area contributed by atoms with Crippen molar-refractivity contribution in [3.8, 4) is 0 Å². The van der Waals surface area contributed by atoms with Crippen LogP contribution in [0.4, 0.5) is 0 Å². The summed E-state index contributed by atoms with van der Waals surface area (Å²) in [5.74, 6) is -0.446. The molecule has 1 aliphatic rings. The van der Waals surface area contributed by atoms with E-state index in [4.69, 9.17) is 4.74 Å². The number of esters is 1. The minimum atomic E-state index is -3.65. The molecule has 2 rings (SSSR count). The normalized spacial score (nSPS) is 22.9. The Bertz CT molecular complexity index is 771. The van der Waals surface area contributed by atoms with Crippen LogP contribution in [0.3, 0.4) is 0 Å². The third-order valence-corrected chi connectivity index (χ3v) is 7.15. The second kappa shape index (κ2) is 8.67. The van der Waals surface area contributed by atoms with Gasteiger partial charge in [0.15, 0.2) is 0 Å². The second-order valence-electron chi connectivity index (χ2n) is 6.90. The molecule has 1 fully saturated rings. The van der Waals surface area contributed by atoms with Crippen molar-refractivity contribution in [2.45, 2.75) is 45.1 Å². The van der Waals surface area contributed by atoms with E-state index < -0.39 is 10.0 Å². The zero-order valence-corrected chi connectivity index (χ0v) is 18.0. The first-order chi connectivity index (χ1) is 12.2. The fourth-order valence-electron chi connectivity index (χ4n) is 3.48. The van der Waals surface area contributed by atoms with E-state index in [9.17, 15) is 13.2 Å². The topological polar surface area (TPSA) is 63.7 Å².